The summed E-state index contributed by atoms with van der Waals surface area (Å²) in [5.41, 5.74) is 0. The first-order valence-corrected chi connectivity index (χ1v) is 6.28. The van der Waals surface area contributed by atoms with Crippen molar-refractivity contribution < 1.29 is 5.11 Å². The van der Waals surface area contributed by atoms with Gasteiger partial charge in [-0.25, -0.2) is 0 Å². The van der Waals surface area contributed by atoms with Crippen LogP contribution in [0.15, 0.2) is 0 Å². The van der Waals surface area contributed by atoms with E-state index in [1.165, 1.54) is 32.2 Å². The number of nitrogens with one attached hydrogen (secondary N) is 1. The van der Waals surface area contributed by atoms with Crippen LogP contribution in [-0.2, 0) is 0 Å². The molecule has 1 heterocycles. The highest BCUT2D eigenvalue weighted by molar-refractivity contribution is 4.73. The van der Waals surface area contributed by atoms with E-state index in [0.29, 0.717) is 0 Å². The summed E-state index contributed by atoms with van der Waals surface area (Å²) < 4.78 is 0. The van der Waals surface area contributed by atoms with Crippen molar-refractivity contribution in [1.29, 1.82) is 0 Å². The third-order valence-electron chi connectivity index (χ3n) is 3.20. The minimum absolute atomic E-state index is 0.166. The lowest BCUT2D eigenvalue weighted by Gasteiger charge is -2.26. The Hall–Kier alpha value is -0.120. The second kappa shape index (κ2) is 7.20. The molecule has 1 aliphatic heterocycles. The van der Waals surface area contributed by atoms with Gasteiger partial charge in [-0.15, -0.1) is 0 Å². The fourth-order valence-electron chi connectivity index (χ4n) is 2.07. The van der Waals surface area contributed by atoms with Crippen LogP contribution in [0, 0.1) is 0 Å². The Morgan fingerprint density at radius 1 is 1.40 bits per heavy atom. The van der Waals surface area contributed by atoms with E-state index in [-0.39, 0.29) is 6.10 Å². The lowest BCUT2D eigenvalue weighted by atomic mass is 10.0. The molecule has 1 saturated heterocycles. The van der Waals surface area contributed by atoms with Gasteiger partial charge in [-0.05, 0) is 52.7 Å². The van der Waals surface area contributed by atoms with Crippen LogP contribution in [0.2, 0.25) is 0 Å². The summed E-state index contributed by atoms with van der Waals surface area (Å²) in [5, 5.41) is 12.7. The second-order valence-electron chi connectivity index (χ2n) is 4.88. The minimum Gasteiger partial charge on any atom is -0.393 e. The molecule has 0 aliphatic carbocycles. The molecular formula is C12H26N2O. The highest BCUT2D eigenvalue weighted by atomic mass is 16.3. The van der Waals surface area contributed by atoms with Crippen LogP contribution in [0.25, 0.3) is 0 Å². The van der Waals surface area contributed by atoms with Gasteiger partial charge >= 0.3 is 0 Å². The highest BCUT2D eigenvalue weighted by Crippen LogP contribution is 2.10. The molecule has 1 rings (SSSR count). The van der Waals surface area contributed by atoms with Crippen LogP contribution in [0.1, 0.15) is 39.0 Å². The number of aliphatic hydroxyl groups is 1. The van der Waals surface area contributed by atoms with Gasteiger partial charge in [0.25, 0.3) is 0 Å². The Balaban J connectivity index is 2.02. The summed E-state index contributed by atoms with van der Waals surface area (Å²) in [4.78, 5) is 2.32. The van der Waals surface area contributed by atoms with E-state index in [2.05, 4.69) is 17.3 Å². The predicted molar refractivity (Wildman–Crippen MR) is 64.1 cm³/mol. The van der Waals surface area contributed by atoms with Crippen molar-refractivity contribution in [2.45, 2.75) is 51.2 Å². The minimum atomic E-state index is -0.166. The van der Waals surface area contributed by atoms with Crippen LogP contribution in [0.3, 0.4) is 0 Å². The van der Waals surface area contributed by atoms with Gasteiger partial charge < -0.3 is 15.3 Å². The lowest BCUT2D eigenvalue weighted by Crippen LogP contribution is -2.37. The van der Waals surface area contributed by atoms with Gasteiger partial charge in [0.1, 0.15) is 0 Å². The number of rotatable bonds is 6. The summed E-state index contributed by atoms with van der Waals surface area (Å²) in [5.74, 6) is 0. The Labute approximate surface area is 93.9 Å². The molecule has 0 bridgehead atoms. The maximum absolute atomic E-state index is 9.18. The third kappa shape index (κ3) is 6.13. The van der Waals surface area contributed by atoms with E-state index in [1.54, 1.807) is 0 Å². The maximum Gasteiger partial charge on any atom is 0.0524 e. The molecule has 0 amide bonds. The van der Waals surface area contributed by atoms with Crippen LogP contribution < -0.4 is 5.32 Å². The van der Waals surface area contributed by atoms with E-state index < -0.39 is 0 Å². The van der Waals surface area contributed by atoms with E-state index >= 15 is 0 Å². The van der Waals surface area contributed by atoms with Gasteiger partial charge in [0.05, 0.1) is 6.10 Å². The van der Waals surface area contributed by atoms with Crippen LogP contribution in [0.4, 0.5) is 0 Å². The maximum atomic E-state index is 9.18. The van der Waals surface area contributed by atoms with Gasteiger partial charge in [-0.2, -0.15) is 0 Å². The van der Waals surface area contributed by atoms with Gasteiger partial charge in [0, 0.05) is 12.6 Å². The molecule has 1 fully saturated rings. The number of nitrogens with zero attached hydrogens (tertiary/aromatic N) is 1. The van der Waals surface area contributed by atoms with E-state index in [9.17, 15) is 5.11 Å². The van der Waals surface area contributed by atoms with Crippen molar-refractivity contribution in [1.82, 2.24) is 10.2 Å². The predicted octanol–water partition coefficient (Wildman–Crippen LogP) is 1.22. The average Bonchev–Trinajstić information content (AvgIpc) is 2.25. The molecule has 0 spiro atoms. The zero-order valence-electron chi connectivity index (χ0n) is 10.2. The monoisotopic (exact) mass is 214 g/mol. The molecule has 0 radical (unpaired) electrons. The standard InChI is InChI=1S/C12H26N2O/c1-11(15)6-9-14(2)10-7-12-5-3-4-8-13-12/h11-13,15H,3-10H2,1-2H3. The summed E-state index contributed by atoms with van der Waals surface area (Å²) in [6, 6.07) is 0.729. The number of piperidine rings is 1. The quantitative estimate of drug-likeness (QED) is 0.698. The normalized spacial score (nSPS) is 24.4. The molecule has 0 aromatic rings. The molecule has 3 nitrogen and oxygen atoms in total. The zero-order valence-corrected chi connectivity index (χ0v) is 10.2. The summed E-state index contributed by atoms with van der Waals surface area (Å²) in [6.45, 7) is 5.20. The first-order chi connectivity index (χ1) is 7.18. The molecule has 0 saturated carbocycles. The molecular weight excluding hydrogens is 188 g/mol. The van der Waals surface area contributed by atoms with Gasteiger partial charge in [0.2, 0.25) is 0 Å². The molecule has 1 aliphatic rings. The molecule has 3 heteroatoms. The third-order valence-corrected chi connectivity index (χ3v) is 3.20. The Bertz CT molecular complexity index is 156. The molecule has 15 heavy (non-hydrogen) atoms. The van der Waals surface area contributed by atoms with Crippen LogP contribution in [0.5, 0.6) is 0 Å². The Morgan fingerprint density at radius 2 is 2.20 bits per heavy atom. The smallest absolute Gasteiger partial charge is 0.0524 e. The number of hydrogen-bond acceptors (Lipinski definition) is 3. The van der Waals surface area contributed by atoms with Gasteiger partial charge in [-0.3, -0.25) is 0 Å². The van der Waals surface area contributed by atoms with Crippen LogP contribution >= 0.6 is 0 Å². The Morgan fingerprint density at radius 3 is 2.80 bits per heavy atom. The fourth-order valence-corrected chi connectivity index (χ4v) is 2.07. The largest absolute Gasteiger partial charge is 0.393 e. The second-order valence-corrected chi connectivity index (χ2v) is 4.88. The van der Waals surface area contributed by atoms with E-state index in [4.69, 9.17) is 0 Å². The SMILES string of the molecule is CC(O)CCN(C)CCC1CCCCN1. The van der Waals surface area contributed by atoms with Crippen molar-refractivity contribution in [3.63, 3.8) is 0 Å². The molecule has 0 aromatic carbocycles. The summed E-state index contributed by atoms with van der Waals surface area (Å²) in [7, 11) is 2.14. The van der Waals surface area contributed by atoms with Crippen molar-refractivity contribution in [3.8, 4) is 0 Å². The molecule has 90 valence electrons. The van der Waals surface area contributed by atoms with Crippen molar-refractivity contribution in [2.24, 2.45) is 0 Å². The first-order valence-electron chi connectivity index (χ1n) is 6.28. The lowest BCUT2D eigenvalue weighted by molar-refractivity contribution is 0.162. The van der Waals surface area contributed by atoms with Crippen molar-refractivity contribution >= 4 is 0 Å². The van der Waals surface area contributed by atoms with E-state index in [1.807, 2.05) is 6.92 Å². The van der Waals surface area contributed by atoms with Gasteiger partial charge in [0.15, 0.2) is 0 Å². The van der Waals surface area contributed by atoms with Crippen LogP contribution in [-0.4, -0.2) is 48.8 Å². The topological polar surface area (TPSA) is 35.5 Å². The molecule has 2 N–H and O–H groups in total. The molecule has 0 aromatic heterocycles. The average molecular weight is 214 g/mol. The summed E-state index contributed by atoms with van der Waals surface area (Å²) >= 11 is 0. The zero-order chi connectivity index (χ0) is 11.1. The molecule has 2 unspecified atom stereocenters. The van der Waals surface area contributed by atoms with Crippen molar-refractivity contribution in [3.05, 3.63) is 0 Å². The summed E-state index contributed by atoms with van der Waals surface area (Å²) in [6.07, 6.45) is 6.03. The number of hydrogen-bond donors (Lipinski definition) is 2. The van der Waals surface area contributed by atoms with Gasteiger partial charge in [-0.1, -0.05) is 6.42 Å². The fraction of sp³-hybridized carbons (Fsp3) is 1.00. The molecule has 2 atom stereocenters. The highest BCUT2D eigenvalue weighted by Gasteiger charge is 2.12. The number of aliphatic hydroxyl groups excluding tert-OH is 1. The van der Waals surface area contributed by atoms with E-state index in [0.717, 1.165) is 25.6 Å². The van der Waals surface area contributed by atoms with Crippen molar-refractivity contribution in [2.75, 3.05) is 26.7 Å². The Kier molecular flexibility index (Phi) is 6.22. The first kappa shape index (κ1) is 12.9.